The Balaban J connectivity index is 1.99. The lowest BCUT2D eigenvalue weighted by Gasteiger charge is -2.42. The highest BCUT2D eigenvalue weighted by Crippen LogP contribution is 2.45. The number of hydrogen-bond acceptors (Lipinski definition) is 3. The monoisotopic (exact) mass is 278 g/mol. The molecular formula is C15H16F2N2O. The third-order valence-corrected chi connectivity index (χ3v) is 4.82. The largest absolute Gasteiger partial charge is 0.385 e. The van der Waals surface area contributed by atoms with Gasteiger partial charge in [0.15, 0.2) is 0 Å². The van der Waals surface area contributed by atoms with E-state index >= 15 is 0 Å². The summed E-state index contributed by atoms with van der Waals surface area (Å²) < 4.78 is 27.5. The summed E-state index contributed by atoms with van der Waals surface area (Å²) in [6, 6.07) is 4.21. The number of benzene rings is 1. The molecule has 2 aliphatic heterocycles. The number of piperidine rings is 1. The lowest BCUT2D eigenvalue weighted by Crippen LogP contribution is -2.47. The molecule has 106 valence electrons. The van der Waals surface area contributed by atoms with Crippen LogP contribution in [-0.2, 0) is 5.60 Å². The molecule has 2 heterocycles. The summed E-state index contributed by atoms with van der Waals surface area (Å²) in [6.07, 6.45) is 2.96. The first-order valence-electron chi connectivity index (χ1n) is 6.78. The molecule has 0 aromatic heterocycles. The van der Waals surface area contributed by atoms with Crippen molar-refractivity contribution in [2.45, 2.75) is 43.4 Å². The van der Waals surface area contributed by atoms with Gasteiger partial charge in [0, 0.05) is 12.1 Å². The Kier molecular flexibility index (Phi) is 3.03. The fourth-order valence-electron chi connectivity index (χ4n) is 3.63. The fraction of sp³-hybridized carbons (Fsp3) is 0.533. The summed E-state index contributed by atoms with van der Waals surface area (Å²) in [6.45, 7) is 0. The zero-order valence-electron chi connectivity index (χ0n) is 11.2. The van der Waals surface area contributed by atoms with E-state index in [4.69, 9.17) is 5.26 Å². The second kappa shape index (κ2) is 4.51. The minimum atomic E-state index is -1.20. The van der Waals surface area contributed by atoms with E-state index in [0.717, 1.165) is 25.0 Å². The molecule has 1 N–H and O–H groups in total. The molecule has 1 aromatic carbocycles. The van der Waals surface area contributed by atoms with Gasteiger partial charge in [-0.15, -0.1) is 0 Å². The van der Waals surface area contributed by atoms with Crippen LogP contribution in [0.1, 0.15) is 36.8 Å². The van der Waals surface area contributed by atoms with Crippen molar-refractivity contribution >= 4 is 0 Å². The van der Waals surface area contributed by atoms with Gasteiger partial charge >= 0.3 is 0 Å². The molecule has 3 nitrogen and oxygen atoms in total. The molecule has 2 aliphatic rings. The van der Waals surface area contributed by atoms with E-state index in [1.807, 2.05) is 7.05 Å². The van der Waals surface area contributed by atoms with Crippen LogP contribution in [0.3, 0.4) is 0 Å². The third kappa shape index (κ3) is 1.91. The van der Waals surface area contributed by atoms with Crippen molar-refractivity contribution in [1.29, 1.82) is 5.26 Å². The number of hydrogen-bond donors (Lipinski definition) is 1. The van der Waals surface area contributed by atoms with Gasteiger partial charge in [0.1, 0.15) is 23.3 Å². The molecule has 2 unspecified atom stereocenters. The zero-order valence-corrected chi connectivity index (χ0v) is 11.2. The predicted octanol–water partition coefficient (Wildman–Crippen LogP) is 2.28. The summed E-state index contributed by atoms with van der Waals surface area (Å²) in [5.41, 5.74) is -1.54. The molecule has 2 bridgehead atoms. The molecule has 20 heavy (non-hydrogen) atoms. The average molecular weight is 278 g/mol. The highest BCUT2D eigenvalue weighted by molar-refractivity contribution is 5.37. The molecule has 0 radical (unpaired) electrons. The Morgan fingerprint density at radius 2 is 1.75 bits per heavy atom. The van der Waals surface area contributed by atoms with Crippen LogP contribution < -0.4 is 0 Å². The van der Waals surface area contributed by atoms with Crippen molar-refractivity contribution in [3.8, 4) is 6.07 Å². The maximum absolute atomic E-state index is 13.7. The average Bonchev–Trinajstić information content (AvgIpc) is 2.62. The summed E-state index contributed by atoms with van der Waals surface area (Å²) in [5, 5.41) is 19.5. The van der Waals surface area contributed by atoms with Crippen LogP contribution in [0.4, 0.5) is 8.78 Å². The molecule has 0 spiro atoms. The van der Waals surface area contributed by atoms with E-state index < -0.39 is 22.8 Å². The first-order valence-corrected chi connectivity index (χ1v) is 6.78. The first-order chi connectivity index (χ1) is 9.44. The molecule has 2 saturated heterocycles. The minimum absolute atomic E-state index is 0.247. The molecule has 3 rings (SSSR count). The highest BCUT2D eigenvalue weighted by atomic mass is 19.1. The summed E-state index contributed by atoms with van der Waals surface area (Å²) in [7, 11) is 2.03. The summed E-state index contributed by atoms with van der Waals surface area (Å²) in [4.78, 5) is 2.24. The molecule has 2 atom stereocenters. The second-order valence-corrected chi connectivity index (χ2v) is 5.92. The molecule has 1 aromatic rings. The van der Waals surface area contributed by atoms with Gasteiger partial charge in [-0.25, -0.2) is 8.78 Å². The Labute approximate surface area is 116 Å². The van der Waals surface area contributed by atoms with Crippen LogP contribution in [0.25, 0.3) is 0 Å². The normalized spacial score (nSPS) is 33.1. The minimum Gasteiger partial charge on any atom is -0.385 e. The van der Waals surface area contributed by atoms with Gasteiger partial charge in [-0.1, -0.05) is 0 Å². The number of halogens is 2. The van der Waals surface area contributed by atoms with Crippen molar-refractivity contribution in [3.63, 3.8) is 0 Å². The summed E-state index contributed by atoms with van der Waals surface area (Å²) in [5.74, 6) is -1.80. The lowest BCUT2D eigenvalue weighted by molar-refractivity contribution is -0.0497. The van der Waals surface area contributed by atoms with Gasteiger partial charge in [-0.05, 0) is 50.4 Å². The maximum atomic E-state index is 13.7. The van der Waals surface area contributed by atoms with Gasteiger partial charge in [0.05, 0.1) is 5.60 Å². The molecule has 2 fully saturated rings. The van der Waals surface area contributed by atoms with E-state index in [-0.39, 0.29) is 17.6 Å². The Morgan fingerprint density at radius 1 is 1.25 bits per heavy atom. The van der Waals surface area contributed by atoms with Crippen molar-refractivity contribution < 1.29 is 13.9 Å². The van der Waals surface area contributed by atoms with Crippen LogP contribution >= 0.6 is 0 Å². The van der Waals surface area contributed by atoms with Gasteiger partial charge in [0.2, 0.25) is 0 Å². The first kappa shape index (κ1) is 13.5. The van der Waals surface area contributed by atoms with Crippen molar-refractivity contribution in [2.24, 2.45) is 0 Å². The van der Waals surface area contributed by atoms with Crippen LogP contribution in [0.5, 0.6) is 0 Å². The van der Waals surface area contributed by atoms with E-state index in [9.17, 15) is 13.9 Å². The van der Waals surface area contributed by atoms with E-state index in [1.165, 1.54) is 6.07 Å². The fourth-order valence-corrected chi connectivity index (χ4v) is 3.63. The van der Waals surface area contributed by atoms with Crippen molar-refractivity contribution in [3.05, 3.63) is 34.9 Å². The molecule has 0 amide bonds. The van der Waals surface area contributed by atoms with Gasteiger partial charge in [-0.2, -0.15) is 5.26 Å². The Hall–Kier alpha value is -1.51. The predicted molar refractivity (Wildman–Crippen MR) is 68.8 cm³/mol. The quantitative estimate of drug-likeness (QED) is 0.857. The van der Waals surface area contributed by atoms with E-state index in [0.29, 0.717) is 12.8 Å². The third-order valence-electron chi connectivity index (χ3n) is 4.82. The van der Waals surface area contributed by atoms with Crippen molar-refractivity contribution in [1.82, 2.24) is 4.90 Å². The number of nitriles is 1. The maximum Gasteiger partial charge on any atom is 0.144 e. The second-order valence-electron chi connectivity index (χ2n) is 5.92. The van der Waals surface area contributed by atoms with E-state index in [2.05, 4.69) is 4.90 Å². The lowest BCUT2D eigenvalue weighted by atomic mass is 9.80. The smallest absolute Gasteiger partial charge is 0.144 e. The number of nitrogens with zero attached hydrogens (tertiary/aromatic N) is 2. The van der Waals surface area contributed by atoms with Crippen LogP contribution in [0, 0.1) is 23.0 Å². The Bertz CT molecular complexity index is 559. The number of aliphatic hydroxyl groups is 1. The summed E-state index contributed by atoms with van der Waals surface area (Å²) >= 11 is 0. The molecule has 0 saturated carbocycles. The SMILES string of the molecule is CN1C2CCC1CC(O)(c1cc(F)c(C#N)c(F)c1)C2. The van der Waals surface area contributed by atoms with Gasteiger partial charge in [0.25, 0.3) is 0 Å². The Morgan fingerprint density at radius 3 is 2.20 bits per heavy atom. The highest BCUT2D eigenvalue weighted by Gasteiger charge is 2.47. The van der Waals surface area contributed by atoms with Gasteiger partial charge in [-0.3, -0.25) is 0 Å². The standard InChI is InChI=1S/C15H16F2N2O/c1-19-10-2-3-11(19)7-15(20,6-10)9-4-13(16)12(8-18)14(17)5-9/h4-5,10-11,20H,2-3,6-7H2,1H3. The van der Waals surface area contributed by atoms with Crippen molar-refractivity contribution in [2.75, 3.05) is 7.05 Å². The number of rotatable bonds is 1. The topological polar surface area (TPSA) is 47.3 Å². The van der Waals surface area contributed by atoms with Crippen LogP contribution in [0.15, 0.2) is 12.1 Å². The molecule has 5 heteroatoms. The molecule has 0 aliphatic carbocycles. The molecular weight excluding hydrogens is 262 g/mol. The van der Waals surface area contributed by atoms with Crippen LogP contribution in [-0.4, -0.2) is 29.1 Å². The van der Waals surface area contributed by atoms with E-state index in [1.54, 1.807) is 0 Å². The number of fused-ring (bicyclic) bond motifs is 2. The van der Waals surface area contributed by atoms with Crippen LogP contribution in [0.2, 0.25) is 0 Å². The zero-order chi connectivity index (χ0) is 14.5. The van der Waals surface area contributed by atoms with Gasteiger partial charge < -0.3 is 10.0 Å².